The molecule has 2 amide bonds. The van der Waals surface area contributed by atoms with E-state index in [1.54, 1.807) is 6.92 Å². The highest BCUT2D eigenvalue weighted by molar-refractivity contribution is 6.02. The van der Waals surface area contributed by atoms with Crippen LogP contribution in [0.2, 0.25) is 0 Å². The highest BCUT2D eigenvalue weighted by atomic mass is 19.2. The van der Waals surface area contributed by atoms with Gasteiger partial charge in [0.2, 0.25) is 5.91 Å². The normalized spacial score (nSPS) is 10.2. The van der Waals surface area contributed by atoms with Crippen LogP contribution in [-0.4, -0.2) is 37.0 Å². The molecule has 0 bridgehead atoms. The largest absolute Gasteiger partial charge is 0.493 e. The number of hydrogen-bond donors (Lipinski definition) is 2. The lowest BCUT2D eigenvalue weighted by molar-refractivity contribution is -0.385. The Kier molecular flexibility index (Phi) is 7.01. The van der Waals surface area contributed by atoms with Crippen LogP contribution < -0.4 is 20.1 Å². The summed E-state index contributed by atoms with van der Waals surface area (Å²) in [6.07, 6.45) is 0. The number of nitro groups is 1. The predicted octanol–water partition coefficient (Wildman–Crippen LogP) is 2.65. The Morgan fingerprint density at radius 1 is 1.14 bits per heavy atom. The van der Waals surface area contributed by atoms with Crippen molar-refractivity contribution in [2.75, 3.05) is 25.6 Å². The van der Waals surface area contributed by atoms with Crippen molar-refractivity contribution in [1.29, 1.82) is 0 Å². The van der Waals surface area contributed by atoms with E-state index in [-0.39, 0.29) is 29.4 Å². The highest BCUT2D eigenvalue weighted by Crippen LogP contribution is 2.34. The van der Waals surface area contributed by atoms with Gasteiger partial charge in [0.05, 0.1) is 31.3 Å². The van der Waals surface area contributed by atoms with Crippen LogP contribution in [0.25, 0.3) is 0 Å². The molecule has 0 spiro atoms. The molecule has 0 unspecified atom stereocenters. The van der Waals surface area contributed by atoms with Gasteiger partial charge in [0.25, 0.3) is 11.6 Å². The average molecular weight is 409 g/mol. The first-order valence-electron chi connectivity index (χ1n) is 8.29. The summed E-state index contributed by atoms with van der Waals surface area (Å²) in [5, 5.41) is 15.8. The number of ether oxygens (including phenoxy) is 2. The van der Waals surface area contributed by atoms with Gasteiger partial charge < -0.3 is 20.1 Å². The van der Waals surface area contributed by atoms with Gasteiger partial charge in [-0.2, -0.15) is 0 Å². The van der Waals surface area contributed by atoms with Crippen molar-refractivity contribution >= 4 is 23.2 Å². The van der Waals surface area contributed by atoms with Gasteiger partial charge >= 0.3 is 0 Å². The lowest BCUT2D eigenvalue weighted by Gasteiger charge is -2.12. The van der Waals surface area contributed by atoms with Crippen molar-refractivity contribution in [3.8, 4) is 11.5 Å². The molecule has 0 aromatic heterocycles. The quantitative estimate of drug-likeness (QED) is 0.511. The van der Waals surface area contributed by atoms with E-state index in [4.69, 9.17) is 9.47 Å². The second kappa shape index (κ2) is 9.44. The molecule has 9 nitrogen and oxygen atoms in total. The van der Waals surface area contributed by atoms with E-state index >= 15 is 0 Å². The Hall–Kier alpha value is -3.76. The molecule has 2 aromatic rings. The molecule has 0 saturated carbocycles. The van der Waals surface area contributed by atoms with Crippen LogP contribution >= 0.6 is 0 Å². The summed E-state index contributed by atoms with van der Waals surface area (Å²) in [7, 11) is 1.30. The van der Waals surface area contributed by atoms with Crippen molar-refractivity contribution in [2.24, 2.45) is 0 Å². The smallest absolute Gasteiger partial charge is 0.286 e. The molecule has 29 heavy (non-hydrogen) atoms. The zero-order valence-corrected chi connectivity index (χ0v) is 15.5. The van der Waals surface area contributed by atoms with E-state index < -0.39 is 40.6 Å². The predicted molar refractivity (Wildman–Crippen MR) is 98.1 cm³/mol. The second-order valence-electron chi connectivity index (χ2n) is 5.57. The zero-order valence-electron chi connectivity index (χ0n) is 15.5. The van der Waals surface area contributed by atoms with Gasteiger partial charge in [-0.15, -0.1) is 0 Å². The maximum Gasteiger partial charge on any atom is 0.286 e. The van der Waals surface area contributed by atoms with Crippen molar-refractivity contribution in [2.45, 2.75) is 6.92 Å². The van der Waals surface area contributed by atoms with Crippen molar-refractivity contribution < 1.29 is 32.8 Å². The summed E-state index contributed by atoms with van der Waals surface area (Å²) in [6, 6.07) is 4.93. The monoisotopic (exact) mass is 409 g/mol. The van der Waals surface area contributed by atoms with Crippen LogP contribution in [0.4, 0.5) is 20.2 Å². The fraction of sp³-hybridized carbons (Fsp3) is 0.222. The van der Waals surface area contributed by atoms with E-state index in [0.29, 0.717) is 0 Å². The Morgan fingerprint density at radius 2 is 1.86 bits per heavy atom. The van der Waals surface area contributed by atoms with Crippen molar-refractivity contribution in [1.82, 2.24) is 5.32 Å². The lowest BCUT2D eigenvalue weighted by atomic mass is 10.1. The van der Waals surface area contributed by atoms with Gasteiger partial charge in [0, 0.05) is 17.8 Å². The third kappa shape index (κ3) is 5.37. The van der Waals surface area contributed by atoms with E-state index in [0.717, 1.165) is 30.3 Å². The summed E-state index contributed by atoms with van der Waals surface area (Å²) >= 11 is 0. The SMILES string of the molecule is CCOc1cc(C(=O)NCC(=O)Nc2ccc(F)c(F)c2)c([N+](=O)[O-])cc1OC. The van der Waals surface area contributed by atoms with E-state index in [2.05, 4.69) is 10.6 Å². The number of halogens is 2. The molecule has 0 aliphatic carbocycles. The Balaban J connectivity index is 2.14. The number of amides is 2. The first-order valence-corrected chi connectivity index (χ1v) is 8.29. The maximum absolute atomic E-state index is 13.2. The number of carbonyl (C=O) groups excluding carboxylic acids is 2. The number of nitrogens with one attached hydrogen (secondary N) is 2. The highest BCUT2D eigenvalue weighted by Gasteiger charge is 2.25. The van der Waals surface area contributed by atoms with Gasteiger partial charge in [-0.3, -0.25) is 19.7 Å². The molecule has 0 radical (unpaired) electrons. The number of rotatable bonds is 8. The standard InChI is InChI=1S/C18H17F2N3O6/c1-3-29-16-7-11(14(23(26)27)8-15(16)28-2)18(25)21-9-17(24)22-10-4-5-12(19)13(20)6-10/h4-8H,3,9H2,1-2H3,(H,21,25)(H,22,24). The van der Waals surface area contributed by atoms with Gasteiger partial charge in [-0.05, 0) is 19.1 Å². The van der Waals surface area contributed by atoms with Gasteiger partial charge in [-0.1, -0.05) is 0 Å². The Labute approximate surface area is 163 Å². The average Bonchev–Trinajstić information content (AvgIpc) is 2.68. The lowest BCUT2D eigenvalue weighted by Crippen LogP contribution is -2.33. The molecule has 0 fully saturated rings. The van der Waals surface area contributed by atoms with Gasteiger partial charge in [0.1, 0.15) is 5.56 Å². The first-order chi connectivity index (χ1) is 13.8. The van der Waals surface area contributed by atoms with Crippen LogP contribution in [0.3, 0.4) is 0 Å². The number of benzene rings is 2. The number of anilines is 1. The molecule has 154 valence electrons. The fourth-order valence-electron chi connectivity index (χ4n) is 2.34. The fourth-order valence-corrected chi connectivity index (χ4v) is 2.34. The van der Waals surface area contributed by atoms with E-state index in [9.17, 15) is 28.5 Å². The molecule has 2 aromatic carbocycles. The minimum Gasteiger partial charge on any atom is -0.493 e. The van der Waals surface area contributed by atoms with Crippen LogP contribution in [0.1, 0.15) is 17.3 Å². The number of hydrogen-bond acceptors (Lipinski definition) is 6. The summed E-state index contributed by atoms with van der Waals surface area (Å²) in [5.74, 6) is -3.67. The van der Waals surface area contributed by atoms with Crippen molar-refractivity contribution in [3.63, 3.8) is 0 Å². The topological polar surface area (TPSA) is 120 Å². The third-order valence-electron chi connectivity index (χ3n) is 3.64. The molecule has 2 rings (SSSR count). The summed E-state index contributed by atoms with van der Waals surface area (Å²) < 4.78 is 36.4. The van der Waals surface area contributed by atoms with Crippen LogP contribution in [0.5, 0.6) is 11.5 Å². The molecule has 0 aliphatic heterocycles. The Morgan fingerprint density at radius 3 is 2.45 bits per heavy atom. The number of nitro benzene ring substituents is 1. The summed E-state index contributed by atoms with van der Waals surface area (Å²) in [4.78, 5) is 34.8. The molecular formula is C18H17F2N3O6. The van der Waals surface area contributed by atoms with Crippen LogP contribution in [-0.2, 0) is 4.79 Å². The first kappa shape index (κ1) is 21.5. The zero-order chi connectivity index (χ0) is 21.6. The van der Waals surface area contributed by atoms with E-state index in [1.807, 2.05) is 0 Å². The van der Waals surface area contributed by atoms with Gasteiger partial charge in [-0.25, -0.2) is 8.78 Å². The molecule has 11 heteroatoms. The Bertz CT molecular complexity index is 951. The molecule has 0 aliphatic rings. The van der Waals surface area contributed by atoms with Crippen LogP contribution in [0.15, 0.2) is 30.3 Å². The molecule has 0 saturated heterocycles. The summed E-state index contributed by atoms with van der Waals surface area (Å²) in [6.45, 7) is 1.35. The maximum atomic E-state index is 13.2. The number of methoxy groups -OCH3 is 1. The number of carbonyl (C=O) groups is 2. The minimum atomic E-state index is -1.15. The molecular weight excluding hydrogens is 392 g/mol. The third-order valence-corrected chi connectivity index (χ3v) is 3.64. The molecule has 0 atom stereocenters. The van der Waals surface area contributed by atoms with E-state index in [1.165, 1.54) is 7.11 Å². The second-order valence-corrected chi connectivity index (χ2v) is 5.57. The molecule has 2 N–H and O–H groups in total. The summed E-state index contributed by atoms with van der Waals surface area (Å²) in [5.41, 5.74) is -0.888. The number of nitrogens with zero attached hydrogens (tertiary/aromatic N) is 1. The van der Waals surface area contributed by atoms with Crippen LogP contribution in [0, 0.1) is 21.7 Å². The van der Waals surface area contributed by atoms with Crippen molar-refractivity contribution in [3.05, 3.63) is 57.6 Å². The molecule has 0 heterocycles. The van der Waals surface area contributed by atoms with Gasteiger partial charge in [0.15, 0.2) is 23.1 Å². The minimum absolute atomic E-state index is 0.0165.